The molecule has 0 aliphatic carbocycles. The number of carbonyl (C=O) groups is 1. The van der Waals surface area contributed by atoms with Crippen LogP contribution in [-0.2, 0) is 11.8 Å². The Bertz CT molecular complexity index is 408. The summed E-state index contributed by atoms with van der Waals surface area (Å²) in [5, 5.41) is 13.3. The Labute approximate surface area is 93.0 Å². The zero-order valence-electron chi connectivity index (χ0n) is 9.14. The summed E-state index contributed by atoms with van der Waals surface area (Å²) >= 11 is 0. The molecule has 88 valence electrons. The molecule has 1 aromatic heterocycles. The van der Waals surface area contributed by atoms with E-state index in [9.17, 15) is 4.79 Å². The van der Waals surface area contributed by atoms with Gasteiger partial charge < -0.3 is 15.6 Å². The van der Waals surface area contributed by atoms with Crippen LogP contribution in [-0.4, -0.2) is 34.1 Å². The van der Waals surface area contributed by atoms with Crippen LogP contribution in [0.15, 0.2) is 0 Å². The first kappa shape index (κ1) is 10.9. The summed E-state index contributed by atoms with van der Waals surface area (Å²) in [6, 6.07) is 0. The van der Waals surface area contributed by atoms with Crippen molar-refractivity contribution in [2.45, 2.75) is 18.8 Å². The fraction of sp³-hybridized carbons (Fsp3) is 0.600. The Balaban J connectivity index is 2.38. The van der Waals surface area contributed by atoms with Gasteiger partial charge >= 0.3 is 5.97 Å². The molecule has 6 heteroatoms. The molecule has 0 aromatic carbocycles. The predicted molar refractivity (Wildman–Crippen MR) is 57.4 cm³/mol. The Morgan fingerprint density at radius 2 is 2.19 bits per heavy atom. The van der Waals surface area contributed by atoms with Crippen molar-refractivity contribution in [1.82, 2.24) is 9.78 Å². The molecule has 0 atom stereocenters. The van der Waals surface area contributed by atoms with Crippen molar-refractivity contribution >= 4 is 11.8 Å². The van der Waals surface area contributed by atoms with Crippen LogP contribution >= 0.6 is 0 Å². The number of hydrogen-bond acceptors (Lipinski definition) is 4. The number of carboxylic acids is 1. The van der Waals surface area contributed by atoms with Crippen molar-refractivity contribution in [3.05, 3.63) is 11.3 Å². The minimum atomic E-state index is -1.01. The van der Waals surface area contributed by atoms with Gasteiger partial charge in [0.05, 0.1) is 5.69 Å². The first-order valence-electron chi connectivity index (χ1n) is 5.24. The second kappa shape index (κ2) is 4.13. The highest BCUT2D eigenvalue weighted by Crippen LogP contribution is 2.30. The lowest BCUT2D eigenvalue weighted by Crippen LogP contribution is -2.17. The van der Waals surface area contributed by atoms with Gasteiger partial charge in [-0.1, -0.05) is 0 Å². The summed E-state index contributed by atoms with van der Waals surface area (Å²) in [5.74, 6) is -0.649. The first-order valence-corrected chi connectivity index (χ1v) is 5.24. The highest BCUT2D eigenvalue weighted by Gasteiger charge is 2.27. The van der Waals surface area contributed by atoms with Crippen LogP contribution in [0.2, 0.25) is 0 Å². The predicted octanol–water partition coefficient (Wildman–Crippen LogP) is 0.594. The average molecular weight is 225 g/mol. The van der Waals surface area contributed by atoms with Crippen molar-refractivity contribution in [2.75, 3.05) is 18.9 Å². The van der Waals surface area contributed by atoms with Crippen LogP contribution in [0.4, 0.5) is 5.82 Å². The molecule has 0 radical (unpaired) electrons. The number of ether oxygens (including phenoxy) is 1. The number of carboxylic acid groups (broad SMARTS) is 1. The fourth-order valence-electron chi connectivity index (χ4n) is 2.03. The standard InChI is InChI=1S/C10H15N3O3/c1-13-9(11)7(10(14)15)8(12-13)6-2-4-16-5-3-6/h6H,2-5,11H2,1H3,(H,14,15). The Morgan fingerprint density at radius 1 is 1.56 bits per heavy atom. The largest absolute Gasteiger partial charge is 0.477 e. The Kier molecular flexibility index (Phi) is 2.82. The maximum Gasteiger partial charge on any atom is 0.341 e. The van der Waals surface area contributed by atoms with Crippen molar-refractivity contribution in [3.63, 3.8) is 0 Å². The molecule has 1 aromatic rings. The van der Waals surface area contributed by atoms with Crippen LogP contribution in [0.25, 0.3) is 0 Å². The number of nitrogen functional groups attached to an aromatic ring is 1. The molecule has 0 bridgehead atoms. The van der Waals surface area contributed by atoms with Crippen molar-refractivity contribution in [3.8, 4) is 0 Å². The van der Waals surface area contributed by atoms with Crippen LogP contribution in [0.1, 0.15) is 34.8 Å². The molecule has 0 saturated carbocycles. The third-order valence-corrected chi connectivity index (χ3v) is 2.94. The molecule has 1 saturated heterocycles. The quantitative estimate of drug-likeness (QED) is 0.769. The molecule has 2 heterocycles. The molecular formula is C10H15N3O3. The number of nitrogens with two attached hydrogens (primary N) is 1. The molecule has 0 spiro atoms. The third-order valence-electron chi connectivity index (χ3n) is 2.94. The minimum Gasteiger partial charge on any atom is -0.477 e. The highest BCUT2D eigenvalue weighted by atomic mass is 16.5. The van der Waals surface area contributed by atoms with Crippen LogP contribution in [0, 0.1) is 0 Å². The highest BCUT2D eigenvalue weighted by molar-refractivity contribution is 5.94. The molecule has 6 nitrogen and oxygen atoms in total. The number of anilines is 1. The number of hydrogen-bond donors (Lipinski definition) is 2. The third kappa shape index (κ3) is 1.76. The number of nitrogens with zero attached hydrogens (tertiary/aromatic N) is 2. The summed E-state index contributed by atoms with van der Waals surface area (Å²) in [5.41, 5.74) is 6.44. The molecule has 2 rings (SSSR count). The summed E-state index contributed by atoms with van der Waals surface area (Å²) in [6.07, 6.45) is 1.60. The summed E-state index contributed by atoms with van der Waals surface area (Å²) in [6.45, 7) is 1.31. The van der Waals surface area contributed by atoms with Gasteiger partial charge in [0.2, 0.25) is 0 Å². The van der Waals surface area contributed by atoms with E-state index in [4.69, 9.17) is 15.6 Å². The van der Waals surface area contributed by atoms with Crippen LogP contribution < -0.4 is 5.73 Å². The molecule has 0 amide bonds. The number of aromatic carboxylic acids is 1. The van der Waals surface area contributed by atoms with E-state index in [0.29, 0.717) is 18.9 Å². The van der Waals surface area contributed by atoms with E-state index in [1.807, 2.05) is 0 Å². The van der Waals surface area contributed by atoms with E-state index in [1.54, 1.807) is 7.05 Å². The smallest absolute Gasteiger partial charge is 0.341 e. The number of aromatic nitrogens is 2. The molecule has 0 unspecified atom stereocenters. The zero-order chi connectivity index (χ0) is 11.7. The number of aryl methyl sites for hydroxylation is 1. The molecule has 16 heavy (non-hydrogen) atoms. The van der Waals surface area contributed by atoms with E-state index >= 15 is 0 Å². The summed E-state index contributed by atoms with van der Waals surface area (Å²) < 4.78 is 6.67. The SMILES string of the molecule is Cn1nc(C2CCOCC2)c(C(=O)O)c1N. The fourth-order valence-corrected chi connectivity index (χ4v) is 2.03. The van der Waals surface area contributed by atoms with Crippen molar-refractivity contribution in [1.29, 1.82) is 0 Å². The summed E-state index contributed by atoms with van der Waals surface area (Å²) in [4.78, 5) is 11.1. The lowest BCUT2D eigenvalue weighted by atomic mass is 9.94. The molecule has 3 N–H and O–H groups in total. The van der Waals surface area contributed by atoms with E-state index in [0.717, 1.165) is 12.8 Å². The first-order chi connectivity index (χ1) is 7.61. The minimum absolute atomic E-state index is 0.142. The van der Waals surface area contributed by atoms with Gasteiger partial charge in [0.15, 0.2) is 0 Å². The van der Waals surface area contributed by atoms with E-state index in [2.05, 4.69) is 5.10 Å². The Hall–Kier alpha value is -1.56. The summed E-state index contributed by atoms with van der Waals surface area (Å²) in [7, 11) is 1.66. The maximum absolute atomic E-state index is 11.1. The van der Waals surface area contributed by atoms with Gasteiger partial charge in [-0.3, -0.25) is 4.68 Å². The van der Waals surface area contributed by atoms with Gasteiger partial charge in [0.25, 0.3) is 0 Å². The second-order valence-electron chi connectivity index (χ2n) is 3.96. The topological polar surface area (TPSA) is 90.4 Å². The number of rotatable bonds is 2. The van der Waals surface area contributed by atoms with Gasteiger partial charge in [0, 0.05) is 26.2 Å². The normalized spacial score (nSPS) is 17.6. The van der Waals surface area contributed by atoms with Gasteiger partial charge in [-0.25, -0.2) is 4.79 Å². The van der Waals surface area contributed by atoms with E-state index < -0.39 is 5.97 Å². The monoisotopic (exact) mass is 225 g/mol. The average Bonchev–Trinajstić information content (AvgIpc) is 2.57. The van der Waals surface area contributed by atoms with Gasteiger partial charge in [0.1, 0.15) is 11.4 Å². The Morgan fingerprint density at radius 3 is 2.75 bits per heavy atom. The molecule has 1 aliphatic rings. The van der Waals surface area contributed by atoms with E-state index in [1.165, 1.54) is 4.68 Å². The van der Waals surface area contributed by atoms with Gasteiger partial charge in [-0.2, -0.15) is 5.10 Å². The van der Waals surface area contributed by atoms with Gasteiger partial charge in [-0.15, -0.1) is 0 Å². The molecular weight excluding hydrogens is 210 g/mol. The lowest BCUT2D eigenvalue weighted by molar-refractivity contribution is 0.0686. The maximum atomic E-state index is 11.1. The molecule has 1 aliphatic heterocycles. The second-order valence-corrected chi connectivity index (χ2v) is 3.96. The van der Waals surface area contributed by atoms with Crippen molar-refractivity contribution in [2.24, 2.45) is 7.05 Å². The van der Waals surface area contributed by atoms with Crippen molar-refractivity contribution < 1.29 is 14.6 Å². The molecule has 1 fully saturated rings. The lowest BCUT2D eigenvalue weighted by Gasteiger charge is -2.20. The zero-order valence-corrected chi connectivity index (χ0v) is 9.14. The van der Waals surface area contributed by atoms with E-state index in [-0.39, 0.29) is 17.3 Å². The van der Waals surface area contributed by atoms with Crippen LogP contribution in [0.3, 0.4) is 0 Å². The van der Waals surface area contributed by atoms with Crippen LogP contribution in [0.5, 0.6) is 0 Å². The van der Waals surface area contributed by atoms with Gasteiger partial charge in [-0.05, 0) is 12.8 Å².